The van der Waals surface area contributed by atoms with Crippen LogP contribution < -0.4 is 10.6 Å². The lowest BCUT2D eigenvalue weighted by molar-refractivity contribution is 0.249. The Morgan fingerprint density at radius 3 is 2.67 bits per heavy atom. The van der Waals surface area contributed by atoms with Crippen LogP contribution in [0.3, 0.4) is 0 Å². The standard InChI is InChI=1S/C15H18N2O/c1-3-11(2)16-15(18)17-14-10-6-8-12-7-4-5-9-13(12)14/h4-11H,3H2,1-2H3,(H2,16,17,18). The molecule has 0 aromatic heterocycles. The maximum atomic E-state index is 11.8. The maximum Gasteiger partial charge on any atom is 0.319 e. The van der Waals surface area contributed by atoms with Gasteiger partial charge in [0, 0.05) is 11.4 Å². The van der Waals surface area contributed by atoms with Gasteiger partial charge in [0.1, 0.15) is 0 Å². The molecule has 0 fully saturated rings. The van der Waals surface area contributed by atoms with Crippen molar-refractivity contribution < 1.29 is 4.79 Å². The van der Waals surface area contributed by atoms with Crippen LogP contribution in [0.15, 0.2) is 42.5 Å². The van der Waals surface area contributed by atoms with E-state index in [1.54, 1.807) is 0 Å². The highest BCUT2D eigenvalue weighted by molar-refractivity contribution is 6.01. The molecule has 3 nitrogen and oxygen atoms in total. The third kappa shape index (κ3) is 2.80. The van der Waals surface area contributed by atoms with E-state index in [2.05, 4.69) is 10.6 Å². The minimum absolute atomic E-state index is 0.152. The summed E-state index contributed by atoms with van der Waals surface area (Å²) in [6.07, 6.45) is 0.920. The van der Waals surface area contributed by atoms with Gasteiger partial charge in [-0.25, -0.2) is 4.79 Å². The first kappa shape index (κ1) is 12.4. The fourth-order valence-corrected chi connectivity index (χ4v) is 1.82. The van der Waals surface area contributed by atoms with Crippen LogP contribution in [0, 0.1) is 0 Å². The lowest BCUT2D eigenvalue weighted by Gasteiger charge is -2.13. The number of urea groups is 1. The summed E-state index contributed by atoms with van der Waals surface area (Å²) in [5, 5.41) is 7.97. The monoisotopic (exact) mass is 242 g/mol. The number of amides is 2. The summed E-state index contributed by atoms with van der Waals surface area (Å²) in [5.74, 6) is 0. The van der Waals surface area contributed by atoms with Gasteiger partial charge in [0.15, 0.2) is 0 Å². The van der Waals surface area contributed by atoms with E-state index < -0.39 is 0 Å². The fourth-order valence-electron chi connectivity index (χ4n) is 1.82. The summed E-state index contributed by atoms with van der Waals surface area (Å²) in [6.45, 7) is 4.03. The number of hydrogen-bond acceptors (Lipinski definition) is 1. The van der Waals surface area contributed by atoms with Crippen molar-refractivity contribution in [2.24, 2.45) is 0 Å². The van der Waals surface area contributed by atoms with Crippen LogP contribution in [0.2, 0.25) is 0 Å². The second-order valence-electron chi connectivity index (χ2n) is 4.43. The Morgan fingerprint density at radius 1 is 1.17 bits per heavy atom. The molecule has 0 saturated heterocycles. The molecule has 0 bridgehead atoms. The molecule has 0 aliphatic carbocycles. The molecular weight excluding hydrogens is 224 g/mol. The topological polar surface area (TPSA) is 41.1 Å². The zero-order valence-electron chi connectivity index (χ0n) is 10.7. The minimum Gasteiger partial charge on any atom is -0.335 e. The van der Waals surface area contributed by atoms with Crippen molar-refractivity contribution >= 4 is 22.5 Å². The van der Waals surface area contributed by atoms with E-state index in [9.17, 15) is 4.79 Å². The quantitative estimate of drug-likeness (QED) is 0.845. The summed E-state index contributed by atoms with van der Waals surface area (Å²) in [7, 11) is 0. The van der Waals surface area contributed by atoms with Crippen LogP contribution in [0.4, 0.5) is 10.5 Å². The molecular formula is C15H18N2O. The average Bonchev–Trinajstić information content (AvgIpc) is 2.39. The number of carbonyl (C=O) groups excluding carboxylic acids is 1. The Kier molecular flexibility index (Phi) is 3.82. The zero-order chi connectivity index (χ0) is 13.0. The van der Waals surface area contributed by atoms with Crippen molar-refractivity contribution in [3.05, 3.63) is 42.5 Å². The van der Waals surface area contributed by atoms with E-state index in [1.165, 1.54) is 0 Å². The van der Waals surface area contributed by atoms with Crippen LogP contribution in [0.25, 0.3) is 10.8 Å². The molecule has 2 aromatic rings. The van der Waals surface area contributed by atoms with Gasteiger partial charge in [-0.3, -0.25) is 0 Å². The Bertz CT molecular complexity index is 546. The second kappa shape index (κ2) is 5.54. The molecule has 2 amide bonds. The van der Waals surface area contributed by atoms with E-state index in [0.717, 1.165) is 22.9 Å². The molecule has 94 valence electrons. The zero-order valence-corrected chi connectivity index (χ0v) is 10.7. The number of nitrogens with one attached hydrogen (secondary N) is 2. The first-order valence-electron chi connectivity index (χ1n) is 6.26. The van der Waals surface area contributed by atoms with Gasteiger partial charge in [0.05, 0.1) is 5.69 Å². The van der Waals surface area contributed by atoms with Crippen LogP contribution in [-0.4, -0.2) is 12.1 Å². The van der Waals surface area contributed by atoms with Crippen LogP contribution in [0.5, 0.6) is 0 Å². The molecule has 2 N–H and O–H groups in total. The molecule has 3 heteroatoms. The molecule has 2 aromatic carbocycles. The number of hydrogen-bond donors (Lipinski definition) is 2. The van der Waals surface area contributed by atoms with Crippen molar-refractivity contribution in [1.82, 2.24) is 5.32 Å². The van der Waals surface area contributed by atoms with Gasteiger partial charge in [0.2, 0.25) is 0 Å². The largest absolute Gasteiger partial charge is 0.335 e. The van der Waals surface area contributed by atoms with Gasteiger partial charge in [-0.05, 0) is 24.8 Å². The van der Waals surface area contributed by atoms with Crippen molar-refractivity contribution in [3.8, 4) is 0 Å². The number of carbonyl (C=O) groups is 1. The molecule has 0 spiro atoms. The third-order valence-electron chi connectivity index (χ3n) is 3.03. The summed E-state index contributed by atoms with van der Waals surface area (Å²) in [6, 6.07) is 13.9. The molecule has 0 saturated carbocycles. The first-order chi connectivity index (χ1) is 8.70. The summed E-state index contributed by atoms with van der Waals surface area (Å²) >= 11 is 0. The molecule has 2 rings (SSSR count). The SMILES string of the molecule is CCC(C)NC(=O)Nc1cccc2ccccc12. The number of benzene rings is 2. The lowest BCUT2D eigenvalue weighted by Crippen LogP contribution is -2.35. The maximum absolute atomic E-state index is 11.8. The van der Waals surface area contributed by atoms with Gasteiger partial charge >= 0.3 is 6.03 Å². The summed E-state index contributed by atoms with van der Waals surface area (Å²) in [4.78, 5) is 11.8. The van der Waals surface area contributed by atoms with Crippen molar-refractivity contribution in [3.63, 3.8) is 0 Å². The second-order valence-corrected chi connectivity index (χ2v) is 4.43. The number of fused-ring (bicyclic) bond motifs is 1. The molecule has 0 heterocycles. The van der Waals surface area contributed by atoms with Gasteiger partial charge in [-0.1, -0.05) is 43.3 Å². The fraction of sp³-hybridized carbons (Fsp3) is 0.267. The van der Waals surface area contributed by atoms with E-state index in [-0.39, 0.29) is 12.1 Å². The molecule has 18 heavy (non-hydrogen) atoms. The molecule has 1 unspecified atom stereocenters. The van der Waals surface area contributed by atoms with Crippen LogP contribution in [0.1, 0.15) is 20.3 Å². The van der Waals surface area contributed by atoms with E-state index >= 15 is 0 Å². The summed E-state index contributed by atoms with van der Waals surface area (Å²) < 4.78 is 0. The van der Waals surface area contributed by atoms with E-state index in [1.807, 2.05) is 56.3 Å². The first-order valence-corrected chi connectivity index (χ1v) is 6.26. The molecule has 1 atom stereocenters. The Balaban J connectivity index is 2.19. The van der Waals surface area contributed by atoms with Crippen molar-refractivity contribution in [2.45, 2.75) is 26.3 Å². The molecule has 0 aliphatic rings. The predicted octanol–water partition coefficient (Wildman–Crippen LogP) is 3.76. The van der Waals surface area contributed by atoms with Gasteiger partial charge in [-0.15, -0.1) is 0 Å². The van der Waals surface area contributed by atoms with Crippen molar-refractivity contribution in [1.29, 1.82) is 0 Å². The normalized spacial score (nSPS) is 12.1. The molecule has 0 radical (unpaired) electrons. The average molecular weight is 242 g/mol. The van der Waals surface area contributed by atoms with Gasteiger partial charge in [0.25, 0.3) is 0 Å². The van der Waals surface area contributed by atoms with Crippen LogP contribution >= 0.6 is 0 Å². The van der Waals surface area contributed by atoms with Crippen molar-refractivity contribution in [2.75, 3.05) is 5.32 Å². The summed E-state index contributed by atoms with van der Waals surface area (Å²) in [5.41, 5.74) is 0.842. The lowest BCUT2D eigenvalue weighted by atomic mass is 10.1. The highest BCUT2D eigenvalue weighted by Gasteiger charge is 2.07. The Labute approximate surface area is 107 Å². The Morgan fingerprint density at radius 2 is 1.89 bits per heavy atom. The van der Waals surface area contributed by atoms with E-state index in [4.69, 9.17) is 0 Å². The predicted molar refractivity (Wildman–Crippen MR) is 75.9 cm³/mol. The highest BCUT2D eigenvalue weighted by atomic mass is 16.2. The minimum atomic E-state index is -0.152. The van der Waals surface area contributed by atoms with Gasteiger partial charge < -0.3 is 10.6 Å². The number of anilines is 1. The number of rotatable bonds is 3. The van der Waals surface area contributed by atoms with Gasteiger partial charge in [-0.2, -0.15) is 0 Å². The molecule has 0 aliphatic heterocycles. The highest BCUT2D eigenvalue weighted by Crippen LogP contribution is 2.22. The van der Waals surface area contributed by atoms with Crippen LogP contribution in [-0.2, 0) is 0 Å². The third-order valence-corrected chi connectivity index (χ3v) is 3.03. The van der Waals surface area contributed by atoms with E-state index in [0.29, 0.717) is 0 Å². The smallest absolute Gasteiger partial charge is 0.319 e. The Hall–Kier alpha value is -2.03.